The third-order valence-corrected chi connectivity index (χ3v) is 28.3. The molecular weight excluding hydrogens is 1720 g/mol. The summed E-state index contributed by atoms with van der Waals surface area (Å²) < 4.78 is 14.5. The van der Waals surface area contributed by atoms with E-state index in [2.05, 4.69) is 552 Å². The van der Waals surface area contributed by atoms with E-state index in [0.717, 1.165) is 233 Å². The Bertz CT molecular complexity index is 8940. The van der Waals surface area contributed by atoms with E-state index < -0.39 is 0 Å². The maximum Gasteiger partial charge on any atom is 0.164 e. The summed E-state index contributed by atoms with van der Waals surface area (Å²) in [6.45, 7) is 0. The summed E-state index contributed by atoms with van der Waals surface area (Å²) in [5.41, 5.74) is 30.5. The molecule has 28 aromatic rings. The molecule has 0 amide bonds. The maximum absolute atomic E-state index is 5.91. The lowest BCUT2D eigenvalue weighted by Gasteiger charge is -2.28. The average molecular weight is 1800 g/mol. The van der Waals surface area contributed by atoms with E-state index in [0.29, 0.717) is 17.5 Å². The third-order valence-electron chi connectivity index (χ3n) is 28.3. The van der Waals surface area contributed by atoms with Crippen LogP contribution in [0.5, 0.6) is 0 Å². The minimum absolute atomic E-state index is 0.481. The van der Waals surface area contributed by atoms with Gasteiger partial charge in [-0.2, -0.15) is 0 Å². The Morgan fingerprint density at radius 1 is 0.135 bits per heavy atom. The summed E-state index contributed by atoms with van der Waals surface area (Å²) in [5, 5.41) is 13.6. The lowest BCUT2D eigenvalue weighted by molar-refractivity contribution is 1.07. The summed E-state index contributed by atoms with van der Waals surface area (Å²) in [5.74, 6) is 1.44. The fourth-order valence-electron chi connectivity index (χ4n) is 22.3. The largest absolute Gasteiger partial charge is 0.309 e. The summed E-state index contributed by atoms with van der Waals surface area (Å²) in [7, 11) is 0. The fourth-order valence-corrected chi connectivity index (χ4v) is 22.3. The first-order valence-electron chi connectivity index (χ1n) is 48.0. The van der Waals surface area contributed by atoms with Crippen molar-refractivity contribution >= 4 is 182 Å². The van der Waals surface area contributed by atoms with Gasteiger partial charge < -0.3 is 42.1 Å². The lowest BCUT2D eigenvalue weighted by atomic mass is 10.1. The van der Waals surface area contributed by atoms with Gasteiger partial charge in [-0.05, 0) is 218 Å². The zero-order chi connectivity index (χ0) is 92.7. The van der Waals surface area contributed by atoms with Crippen LogP contribution in [-0.2, 0) is 0 Å². The first-order chi connectivity index (χ1) is 70.0. The third kappa shape index (κ3) is 13.0. The monoisotopic (exact) mass is 1800 g/mol. The summed E-state index contributed by atoms with van der Waals surface area (Å²) in [6, 6.07) is 185. The number of fused-ring (bicyclic) bond motifs is 18. The molecule has 0 fully saturated rings. The molecule has 0 radical (unpaired) electrons. The molecule has 0 N–H and O–H groups in total. The van der Waals surface area contributed by atoms with Crippen LogP contribution in [0.4, 0.5) is 51.2 Å². The van der Waals surface area contributed by atoms with Crippen LogP contribution in [0.25, 0.3) is 199 Å². The highest BCUT2D eigenvalue weighted by atomic mass is 15.2. The van der Waals surface area contributed by atoms with Crippen LogP contribution in [-0.4, -0.2) is 42.4 Å². The van der Waals surface area contributed by atoms with Gasteiger partial charge in [0, 0.05) is 150 Å². The molecule has 0 atom stereocenters. The van der Waals surface area contributed by atoms with E-state index in [9.17, 15) is 0 Å². The highest BCUT2D eigenvalue weighted by molar-refractivity contribution is 6.20. The normalized spacial score (nSPS) is 11.8. The van der Waals surface area contributed by atoms with Crippen molar-refractivity contribution in [3.8, 4) is 68.3 Å². The second kappa shape index (κ2) is 32.8. The Hall–Kier alpha value is -19.2. The molecule has 21 aromatic carbocycles. The first-order valence-corrected chi connectivity index (χ1v) is 48.0. The van der Waals surface area contributed by atoms with E-state index in [1.165, 1.54) is 0 Å². The van der Waals surface area contributed by atoms with Crippen LogP contribution in [0.1, 0.15) is 0 Å². The quantitative estimate of drug-likeness (QED) is 0.0852. The molecule has 0 aliphatic carbocycles. The van der Waals surface area contributed by atoms with Gasteiger partial charge in [0.25, 0.3) is 0 Å². The van der Waals surface area contributed by atoms with Crippen molar-refractivity contribution < 1.29 is 0 Å². The van der Waals surface area contributed by atoms with Crippen molar-refractivity contribution in [2.75, 3.05) is 14.7 Å². The number of nitrogens with zero attached hydrogens (tertiary/aromatic N) is 12. The van der Waals surface area contributed by atoms with Gasteiger partial charge in [-0.25, -0.2) is 15.0 Å². The number of para-hydroxylation sites is 15. The van der Waals surface area contributed by atoms with Crippen LogP contribution in [0, 0.1) is 0 Å². The number of anilines is 9. The predicted molar refractivity (Wildman–Crippen MR) is 586 cm³/mol. The topological polar surface area (TPSA) is 78.0 Å². The summed E-state index contributed by atoms with van der Waals surface area (Å²) >= 11 is 0. The molecule has 0 bridgehead atoms. The number of benzene rings is 21. The Morgan fingerprint density at radius 3 is 0.582 bits per heavy atom. The molecule has 660 valence electrons. The van der Waals surface area contributed by atoms with Gasteiger partial charge in [-0.3, -0.25) is 0 Å². The van der Waals surface area contributed by atoms with Gasteiger partial charge in [0.05, 0.1) is 83.3 Å². The first kappa shape index (κ1) is 80.3. The highest BCUT2D eigenvalue weighted by Gasteiger charge is 2.31. The van der Waals surface area contributed by atoms with E-state index in [-0.39, 0.29) is 0 Å². The number of rotatable bonds is 18. The maximum atomic E-state index is 5.91. The predicted octanol–water partition coefficient (Wildman–Crippen LogP) is 33.9. The van der Waals surface area contributed by atoms with Crippen LogP contribution in [0.3, 0.4) is 0 Å². The molecule has 7 heterocycles. The number of aromatic nitrogens is 9. The van der Waals surface area contributed by atoms with Crippen LogP contribution >= 0.6 is 0 Å². The van der Waals surface area contributed by atoms with Crippen molar-refractivity contribution in [1.29, 1.82) is 0 Å². The highest BCUT2D eigenvalue weighted by Crippen LogP contribution is 2.52. The average Bonchev–Trinajstić information content (AvgIpc) is 1.59. The molecule has 0 saturated carbocycles. The molecule has 12 heteroatoms. The van der Waals surface area contributed by atoms with Crippen molar-refractivity contribution in [3.63, 3.8) is 0 Å². The van der Waals surface area contributed by atoms with Gasteiger partial charge >= 0.3 is 0 Å². The van der Waals surface area contributed by atoms with E-state index in [1.807, 2.05) is 0 Å². The SMILES string of the molecule is c1ccc(-n2c3ccccc3c3cc(N(c4cccc(-c5nc(-c6cccc(N(c7ccc8c(c7)c7ccccc7n8-c7ccccc7)c7cccc8c9ccccc9n(-c9ccccc9)c78)c6)nc(-c6cccc(N(c7ccc8c(c7)c7ccccc7n8-c7ccccc7)c7cccc8c9ccccc9n(-c9ccccc9)c78)c6)n5)c4)c4cccc5c6ccccc6n(-c6ccccc6)c45)ccc32)cc1. The zero-order valence-corrected chi connectivity index (χ0v) is 76.4. The minimum atomic E-state index is 0.481. The molecule has 28 rings (SSSR count). The zero-order valence-electron chi connectivity index (χ0n) is 76.4. The molecule has 141 heavy (non-hydrogen) atoms. The van der Waals surface area contributed by atoms with Gasteiger partial charge in [0.1, 0.15) is 0 Å². The van der Waals surface area contributed by atoms with Crippen molar-refractivity contribution in [2.24, 2.45) is 0 Å². The summed E-state index contributed by atoms with van der Waals surface area (Å²) in [6.07, 6.45) is 0. The minimum Gasteiger partial charge on any atom is -0.309 e. The molecule has 0 spiro atoms. The fraction of sp³-hybridized carbons (Fsp3) is 0. The van der Waals surface area contributed by atoms with E-state index in [4.69, 9.17) is 15.0 Å². The van der Waals surface area contributed by atoms with Gasteiger partial charge in [0.2, 0.25) is 0 Å². The Labute approximate surface area is 811 Å². The molecule has 0 unspecified atom stereocenters. The number of hydrogen-bond donors (Lipinski definition) is 0. The van der Waals surface area contributed by atoms with Crippen LogP contribution < -0.4 is 14.7 Å². The molecule has 0 aliphatic rings. The van der Waals surface area contributed by atoms with Gasteiger partial charge in [-0.15, -0.1) is 0 Å². The van der Waals surface area contributed by atoms with Gasteiger partial charge in [-0.1, -0.05) is 291 Å². The molecule has 0 saturated heterocycles. The Kier molecular flexibility index (Phi) is 18.7. The molecule has 0 aliphatic heterocycles. The second-order valence-electron chi connectivity index (χ2n) is 36.2. The summed E-state index contributed by atoms with van der Waals surface area (Å²) in [4.78, 5) is 25.1. The molecule has 12 nitrogen and oxygen atoms in total. The van der Waals surface area contributed by atoms with Crippen molar-refractivity contribution in [3.05, 3.63) is 510 Å². The van der Waals surface area contributed by atoms with E-state index in [1.54, 1.807) is 0 Å². The molecule has 7 aromatic heterocycles. The standard InChI is InChI=1S/C129H84N12/c1-7-40-88(41-8-1)136-112-64-25-22-58-103(112)109-82-97(73-76-118(109)136)133(121-70-34-61-106-100-55-19-28-67-115(100)139(124(106)121)91-46-13-4-14-47-91)94-52-31-37-85(79-94)127-130-128(86-38-32-53-95(80-86)134(98-74-77-119-110(83-98)104-59-23-26-65-113(104)137(119)89-42-9-2-10-43-89)122-71-35-62-107-101-56-20-29-68-116(101)140(125(107)122)92-48-15-5-16-49-92)132-129(131-127)87-39-33-54-96(81-87)135(99-75-78-120-111(84-99)105-60-24-27-66-114(105)138(120)90-44-11-3-12-45-90)123-72-36-63-108-102-57-21-30-69-117(102)141(126(108)123)93-50-17-6-18-51-93/h1-84H. The van der Waals surface area contributed by atoms with Crippen LogP contribution in [0.2, 0.25) is 0 Å². The van der Waals surface area contributed by atoms with Gasteiger partial charge in [0.15, 0.2) is 17.5 Å². The van der Waals surface area contributed by atoms with Crippen LogP contribution in [0.15, 0.2) is 510 Å². The Morgan fingerprint density at radius 2 is 0.326 bits per heavy atom. The van der Waals surface area contributed by atoms with Crippen molar-refractivity contribution in [1.82, 2.24) is 42.4 Å². The lowest BCUT2D eigenvalue weighted by Crippen LogP contribution is -2.12. The van der Waals surface area contributed by atoms with E-state index >= 15 is 0 Å². The Balaban J connectivity index is 0.691. The molecular formula is C129H84N12. The smallest absolute Gasteiger partial charge is 0.164 e. The number of hydrogen-bond acceptors (Lipinski definition) is 6. The van der Waals surface area contributed by atoms with Crippen molar-refractivity contribution in [2.45, 2.75) is 0 Å². The second-order valence-corrected chi connectivity index (χ2v) is 36.2.